The van der Waals surface area contributed by atoms with Crippen molar-refractivity contribution in [2.75, 3.05) is 0 Å². The lowest BCUT2D eigenvalue weighted by molar-refractivity contribution is -0.356. The Morgan fingerprint density at radius 1 is 0.581 bits per heavy atom. The third kappa shape index (κ3) is 7.52. The van der Waals surface area contributed by atoms with Gasteiger partial charge in [-0.15, -0.1) is 0 Å². The van der Waals surface area contributed by atoms with E-state index < -0.39 is 24.4 Å². The lowest BCUT2D eigenvalue weighted by atomic mass is 9.68. The first-order chi connectivity index (χ1) is 14.5. The van der Waals surface area contributed by atoms with Crippen LogP contribution in [-0.4, -0.2) is 18.0 Å². The molecule has 2 aliphatic rings. The van der Waals surface area contributed by atoms with Gasteiger partial charge in [0.1, 0.15) is 0 Å². The van der Waals surface area contributed by atoms with E-state index in [1.54, 1.807) is 0 Å². The third-order valence-electron chi connectivity index (χ3n) is 7.85. The van der Waals surface area contributed by atoms with Crippen LogP contribution in [0.1, 0.15) is 110 Å². The fourth-order valence-electron chi connectivity index (χ4n) is 5.68. The van der Waals surface area contributed by atoms with Crippen LogP contribution in [0.15, 0.2) is 0 Å². The molecule has 0 radical (unpaired) electrons. The van der Waals surface area contributed by atoms with Gasteiger partial charge in [-0.1, -0.05) is 71.1 Å². The SMILES string of the molecule is CCCCCCC[C@H]1CC[C@H]([C@H]2CC[C@H](CCC(F)(F)C(F)(F)C(F)(F)F)CC2)CC1. The standard InChI is InChI=1S/C24H39F7/c1-2-3-4-5-6-7-18-8-12-20(13-9-18)21-14-10-19(11-15-21)16-17-22(25,26)23(27,28)24(29,30)31/h18-21H,2-17H2,1H3/t18-,19-,20-,21-. The highest BCUT2D eigenvalue weighted by Crippen LogP contribution is 2.50. The van der Waals surface area contributed by atoms with Crippen LogP contribution in [-0.2, 0) is 0 Å². The summed E-state index contributed by atoms with van der Waals surface area (Å²) in [5, 5.41) is 0. The second kappa shape index (κ2) is 11.6. The molecule has 2 saturated carbocycles. The van der Waals surface area contributed by atoms with Crippen molar-refractivity contribution in [3.8, 4) is 0 Å². The van der Waals surface area contributed by atoms with Gasteiger partial charge in [0, 0.05) is 6.42 Å². The number of alkyl halides is 7. The van der Waals surface area contributed by atoms with E-state index >= 15 is 0 Å². The molecule has 0 aromatic rings. The molecule has 184 valence electrons. The molecule has 0 amide bonds. The minimum atomic E-state index is -6.22. The van der Waals surface area contributed by atoms with Crippen molar-refractivity contribution >= 4 is 0 Å². The van der Waals surface area contributed by atoms with Crippen LogP contribution in [0.2, 0.25) is 0 Å². The summed E-state index contributed by atoms with van der Waals surface area (Å²) in [7, 11) is 0. The summed E-state index contributed by atoms with van der Waals surface area (Å²) in [6.07, 6.45) is 8.02. The Morgan fingerprint density at radius 2 is 1.03 bits per heavy atom. The Morgan fingerprint density at radius 3 is 1.48 bits per heavy atom. The number of unbranched alkanes of at least 4 members (excludes halogenated alkanes) is 4. The topological polar surface area (TPSA) is 0 Å². The normalized spacial score (nSPS) is 28.6. The van der Waals surface area contributed by atoms with E-state index in [9.17, 15) is 30.7 Å². The van der Waals surface area contributed by atoms with E-state index in [4.69, 9.17) is 0 Å². The van der Waals surface area contributed by atoms with Crippen LogP contribution in [0.5, 0.6) is 0 Å². The molecule has 0 spiro atoms. The van der Waals surface area contributed by atoms with Crippen molar-refractivity contribution in [1.29, 1.82) is 0 Å². The number of rotatable bonds is 11. The molecule has 0 saturated heterocycles. The van der Waals surface area contributed by atoms with Gasteiger partial charge in [0.25, 0.3) is 0 Å². The van der Waals surface area contributed by atoms with Gasteiger partial charge in [0.05, 0.1) is 0 Å². The summed E-state index contributed by atoms with van der Waals surface area (Å²) < 4.78 is 90.0. The molecule has 7 heteroatoms. The van der Waals surface area contributed by atoms with Crippen LogP contribution < -0.4 is 0 Å². The Hall–Kier alpha value is -0.490. The molecule has 0 aliphatic heterocycles. The third-order valence-corrected chi connectivity index (χ3v) is 7.85. The maximum absolute atomic E-state index is 13.5. The summed E-state index contributed by atoms with van der Waals surface area (Å²) in [5.74, 6) is -9.15. The molecule has 0 heterocycles. The van der Waals surface area contributed by atoms with Gasteiger partial charge < -0.3 is 0 Å². The highest BCUT2D eigenvalue weighted by atomic mass is 19.4. The van der Waals surface area contributed by atoms with Crippen molar-refractivity contribution in [2.24, 2.45) is 23.7 Å². The monoisotopic (exact) mass is 460 g/mol. The fraction of sp³-hybridized carbons (Fsp3) is 1.00. The molecular formula is C24H39F7. The van der Waals surface area contributed by atoms with Crippen LogP contribution in [0.25, 0.3) is 0 Å². The van der Waals surface area contributed by atoms with Gasteiger partial charge in [0.2, 0.25) is 0 Å². The van der Waals surface area contributed by atoms with Gasteiger partial charge in [0.15, 0.2) is 0 Å². The first-order valence-electron chi connectivity index (χ1n) is 12.3. The Labute approximate surface area is 182 Å². The highest BCUT2D eigenvalue weighted by molar-refractivity contribution is 4.92. The lowest BCUT2D eigenvalue weighted by Gasteiger charge is -2.38. The molecular weight excluding hydrogens is 421 g/mol. The van der Waals surface area contributed by atoms with Crippen molar-refractivity contribution in [3.63, 3.8) is 0 Å². The number of hydrogen-bond acceptors (Lipinski definition) is 0. The van der Waals surface area contributed by atoms with Gasteiger partial charge in [-0.05, 0) is 55.8 Å². The Kier molecular flexibility index (Phi) is 10.00. The van der Waals surface area contributed by atoms with Crippen LogP contribution in [0.4, 0.5) is 30.7 Å². The highest BCUT2D eigenvalue weighted by Gasteiger charge is 2.72. The minimum absolute atomic E-state index is 0.175. The average molecular weight is 461 g/mol. The molecule has 0 atom stereocenters. The first kappa shape index (κ1) is 26.8. The predicted molar refractivity (Wildman–Crippen MR) is 109 cm³/mol. The summed E-state index contributed by atoms with van der Waals surface area (Å²) in [5.41, 5.74) is 0. The molecule has 0 unspecified atom stereocenters. The predicted octanol–water partition coefficient (Wildman–Crippen LogP) is 9.57. The number of hydrogen-bond donors (Lipinski definition) is 0. The van der Waals surface area contributed by atoms with E-state index in [0.717, 1.165) is 18.8 Å². The van der Waals surface area contributed by atoms with Gasteiger partial charge >= 0.3 is 18.0 Å². The maximum atomic E-state index is 13.5. The zero-order valence-electron chi connectivity index (χ0n) is 18.8. The molecule has 2 aliphatic carbocycles. The van der Waals surface area contributed by atoms with Crippen molar-refractivity contribution in [3.05, 3.63) is 0 Å². The van der Waals surface area contributed by atoms with Gasteiger partial charge in [-0.25, -0.2) is 0 Å². The summed E-state index contributed by atoms with van der Waals surface area (Å²) >= 11 is 0. The van der Waals surface area contributed by atoms with Crippen LogP contribution >= 0.6 is 0 Å². The van der Waals surface area contributed by atoms with E-state index in [0.29, 0.717) is 24.7 Å². The summed E-state index contributed by atoms with van der Waals surface area (Å²) in [6, 6.07) is 0. The molecule has 2 fully saturated rings. The van der Waals surface area contributed by atoms with E-state index in [1.165, 1.54) is 64.2 Å². The average Bonchev–Trinajstić information content (AvgIpc) is 2.72. The zero-order valence-corrected chi connectivity index (χ0v) is 18.8. The largest absolute Gasteiger partial charge is 0.459 e. The molecule has 0 bridgehead atoms. The maximum Gasteiger partial charge on any atom is 0.459 e. The minimum Gasteiger partial charge on any atom is -0.200 e. The second-order valence-electron chi connectivity index (χ2n) is 10.1. The van der Waals surface area contributed by atoms with Crippen LogP contribution in [0.3, 0.4) is 0 Å². The fourth-order valence-corrected chi connectivity index (χ4v) is 5.68. The van der Waals surface area contributed by atoms with E-state index in [2.05, 4.69) is 6.92 Å². The summed E-state index contributed by atoms with van der Waals surface area (Å²) in [4.78, 5) is 0. The van der Waals surface area contributed by atoms with Crippen molar-refractivity contribution in [1.82, 2.24) is 0 Å². The molecule has 0 nitrogen and oxygen atoms in total. The molecule has 31 heavy (non-hydrogen) atoms. The molecule has 0 aromatic heterocycles. The number of halogens is 7. The zero-order chi connectivity index (χ0) is 23.1. The van der Waals surface area contributed by atoms with E-state index in [1.807, 2.05) is 0 Å². The van der Waals surface area contributed by atoms with Gasteiger partial charge in [-0.2, -0.15) is 30.7 Å². The molecule has 2 rings (SSSR count). The lowest BCUT2D eigenvalue weighted by Crippen LogP contribution is -2.52. The Balaban J connectivity index is 1.66. The van der Waals surface area contributed by atoms with Crippen molar-refractivity contribution in [2.45, 2.75) is 128 Å². The van der Waals surface area contributed by atoms with Crippen LogP contribution in [0, 0.1) is 23.7 Å². The van der Waals surface area contributed by atoms with Crippen molar-refractivity contribution < 1.29 is 30.7 Å². The van der Waals surface area contributed by atoms with Gasteiger partial charge in [-0.3, -0.25) is 0 Å². The first-order valence-corrected chi connectivity index (χ1v) is 12.3. The molecule has 0 aromatic carbocycles. The molecule has 0 N–H and O–H groups in total. The smallest absolute Gasteiger partial charge is 0.200 e. The quantitative estimate of drug-likeness (QED) is 0.213. The van der Waals surface area contributed by atoms with E-state index in [-0.39, 0.29) is 12.3 Å². The Bertz CT molecular complexity index is 499. The summed E-state index contributed by atoms with van der Waals surface area (Å²) in [6.45, 7) is 2.22. The second-order valence-corrected chi connectivity index (χ2v) is 10.1.